The number of nitrogens with two attached hydrogens (primary N) is 1. The predicted octanol–water partition coefficient (Wildman–Crippen LogP) is 3.96. The van der Waals surface area contributed by atoms with Gasteiger partial charge in [0, 0.05) is 17.0 Å². The first-order chi connectivity index (χ1) is 7.72. The van der Waals surface area contributed by atoms with Crippen LogP contribution in [0, 0.1) is 5.92 Å². The number of hydrogen-bond acceptors (Lipinski definition) is 1. The van der Waals surface area contributed by atoms with E-state index < -0.39 is 0 Å². The molecule has 0 saturated heterocycles. The van der Waals surface area contributed by atoms with E-state index in [0.717, 1.165) is 23.8 Å². The summed E-state index contributed by atoms with van der Waals surface area (Å²) in [7, 11) is 0. The molecule has 0 spiro atoms. The summed E-state index contributed by atoms with van der Waals surface area (Å²) in [6.07, 6.45) is 4.96. The first-order valence-corrected chi connectivity index (χ1v) is 6.61. The van der Waals surface area contributed by atoms with Gasteiger partial charge in [0.25, 0.3) is 0 Å². The summed E-state index contributed by atoms with van der Waals surface area (Å²) in [5.74, 6) is 1.35. The number of hydrogen-bond donors (Lipinski definition) is 1. The van der Waals surface area contributed by atoms with Crippen molar-refractivity contribution in [3.8, 4) is 0 Å². The van der Waals surface area contributed by atoms with Crippen molar-refractivity contribution in [2.24, 2.45) is 11.7 Å². The zero-order chi connectivity index (χ0) is 11.5. The van der Waals surface area contributed by atoms with Crippen LogP contribution in [0.15, 0.2) is 24.3 Å². The molecule has 0 amide bonds. The summed E-state index contributed by atoms with van der Waals surface area (Å²) in [5.41, 5.74) is 7.67. The monoisotopic (exact) mass is 237 g/mol. The molecular weight excluding hydrogens is 218 g/mol. The molecule has 0 aromatic heterocycles. The van der Waals surface area contributed by atoms with Gasteiger partial charge in [-0.15, -0.1) is 0 Å². The smallest absolute Gasteiger partial charge is 0.0406 e. The first kappa shape index (κ1) is 11.9. The van der Waals surface area contributed by atoms with Gasteiger partial charge in [0.05, 0.1) is 0 Å². The second-order valence-electron chi connectivity index (χ2n) is 4.87. The Labute approximate surface area is 103 Å². The highest BCUT2D eigenvalue weighted by Gasteiger charge is 2.35. The quantitative estimate of drug-likeness (QED) is 0.824. The van der Waals surface area contributed by atoms with E-state index in [1.54, 1.807) is 0 Å². The predicted molar refractivity (Wildman–Crippen MR) is 69.8 cm³/mol. The van der Waals surface area contributed by atoms with Crippen LogP contribution < -0.4 is 5.73 Å². The van der Waals surface area contributed by atoms with E-state index in [-0.39, 0.29) is 0 Å². The average molecular weight is 238 g/mol. The van der Waals surface area contributed by atoms with Gasteiger partial charge in [0.15, 0.2) is 0 Å². The number of halogens is 1. The first-order valence-electron chi connectivity index (χ1n) is 6.23. The van der Waals surface area contributed by atoms with Gasteiger partial charge in [-0.2, -0.15) is 0 Å². The maximum absolute atomic E-state index is 6.31. The second kappa shape index (κ2) is 5.20. The average Bonchev–Trinajstić information content (AvgIpc) is 3.06. The highest BCUT2D eigenvalue weighted by molar-refractivity contribution is 6.30. The maximum Gasteiger partial charge on any atom is 0.0406 e. The van der Waals surface area contributed by atoms with E-state index in [1.807, 2.05) is 12.1 Å². The van der Waals surface area contributed by atoms with Crippen LogP contribution in [0.2, 0.25) is 5.02 Å². The summed E-state index contributed by atoms with van der Waals surface area (Å²) in [6.45, 7) is 2.20. The second-order valence-corrected chi connectivity index (χ2v) is 5.30. The largest absolute Gasteiger partial charge is 0.327 e. The summed E-state index contributed by atoms with van der Waals surface area (Å²) in [5, 5.41) is 0.808. The molecule has 2 unspecified atom stereocenters. The van der Waals surface area contributed by atoms with Gasteiger partial charge in [0.1, 0.15) is 0 Å². The minimum Gasteiger partial charge on any atom is -0.327 e. The molecule has 0 radical (unpaired) electrons. The molecule has 2 heteroatoms. The van der Waals surface area contributed by atoms with Crippen molar-refractivity contribution in [2.45, 2.75) is 44.6 Å². The van der Waals surface area contributed by atoms with Crippen molar-refractivity contribution in [1.82, 2.24) is 0 Å². The Morgan fingerprint density at radius 1 is 1.31 bits per heavy atom. The van der Waals surface area contributed by atoms with Crippen LogP contribution in [0.25, 0.3) is 0 Å². The topological polar surface area (TPSA) is 26.0 Å². The lowest BCUT2D eigenvalue weighted by Gasteiger charge is -2.24. The molecule has 1 aromatic carbocycles. The van der Waals surface area contributed by atoms with Crippen LogP contribution in [0.1, 0.15) is 44.1 Å². The van der Waals surface area contributed by atoms with E-state index >= 15 is 0 Å². The summed E-state index contributed by atoms with van der Waals surface area (Å²) in [6, 6.07) is 8.54. The Kier molecular flexibility index (Phi) is 3.88. The van der Waals surface area contributed by atoms with Crippen molar-refractivity contribution in [2.75, 3.05) is 0 Å². The lowest BCUT2D eigenvalue weighted by atomic mass is 9.85. The van der Waals surface area contributed by atoms with E-state index in [9.17, 15) is 0 Å². The molecule has 2 atom stereocenters. The normalized spacial score (nSPS) is 19.4. The van der Waals surface area contributed by atoms with Gasteiger partial charge >= 0.3 is 0 Å². The van der Waals surface area contributed by atoms with Crippen LogP contribution in [-0.4, -0.2) is 6.04 Å². The molecule has 1 aromatic rings. The van der Waals surface area contributed by atoms with Gasteiger partial charge < -0.3 is 5.73 Å². The molecule has 88 valence electrons. The molecule has 2 N–H and O–H groups in total. The Morgan fingerprint density at radius 2 is 1.94 bits per heavy atom. The SMILES string of the molecule is CCCC(N)C(c1ccc(Cl)cc1)C1CC1. The Bertz CT molecular complexity index is 329. The van der Waals surface area contributed by atoms with Crippen LogP contribution in [-0.2, 0) is 0 Å². The summed E-state index contributed by atoms with van der Waals surface area (Å²) >= 11 is 5.92. The number of rotatable bonds is 5. The van der Waals surface area contributed by atoms with Gasteiger partial charge in [-0.3, -0.25) is 0 Å². The van der Waals surface area contributed by atoms with E-state index in [0.29, 0.717) is 12.0 Å². The zero-order valence-corrected chi connectivity index (χ0v) is 10.6. The Balaban J connectivity index is 2.15. The molecule has 1 saturated carbocycles. The third-order valence-corrected chi connectivity index (χ3v) is 3.72. The minimum absolute atomic E-state index is 0.304. The van der Waals surface area contributed by atoms with E-state index in [4.69, 9.17) is 17.3 Å². The molecule has 0 aliphatic heterocycles. The standard InChI is InChI=1S/C14H20ClN/c1-2-3-13(16)14(10-4-5-10)11-6-8-12(15)9-7-11/h6-10,13-14H,2-5,16H2,1H3. The van der Waals surface area contributed by atoms with Crippen molar-refractivity contribution in [1.29, 1.82) is 0 Å². The molecule has 0 bridgehead atoms. The van der Waals surface area contributed by atoms with Crippen LogP contribution >= 0.6 is 11.6 Å². The molecular formula is C14H20ClN. The lowest BCUT2D eigenvalue weighted by Crippen LogP contribution is -2.29. The fourth-order valence-corrected chi connectivity index (χ4v) is 2.65. The molecule has 2 rings (SSSR count). The van der Waals surface area contributed by atoms with Crippen LogP contribution in [0.4, 0.5) is 0 Å². The Hall–Kier alpha value is -0.530. The number of benzene rings is 1. The van der Waals surface area contributed by atoms with E-state index in [2.05, 4.69) is 19.1 Å². The third-order valence-electron chi connectivity index (χ3n) is 3.47. The van der Waals surface area contributed by atoms with Crippen molar-refractivity contribution < 1.29 is 0 Å². The molecule has 0 heterocycles. The molecule has 1 aliphatic carbocycles. The molecule has 1 fully saturated rings. The fourth-order valence-electron chi connectivity index (χ4n) is 2.52. The Morgan fingerprint density at radius 3 is 2.44 bits per heavy atom. The lowest BCUT2D eigenvalue weighted by molar-refractivity contribution is 0.453. The van der Waals surface area contributed by atoms with Gasteiger partial charge in [-0.05, 0) is 42.9 Å². The van der Waals surface area contributed by atoms with Crippen molar-refractivity contribution >= 4 is 11.6 Å². The van der Waals surface area contributed by atoms with Gasteiger partial charge in [-0.25, -0.2) is 0 Å². The molecule has 1 aliphatic rings. The van der Waals surface area contributed by atoms with Crippen molar-refractivity contribution in [3.05, 3.63) is 34.9 Å². The highest BCUT2D eigenvalue weighted by atomic mass is 35.5. The summed E-state index contributed by atoms with van der Waals surface area (Å²) < 4.78 is 0. The van der Waals surface area contributed by atoms with Crippen LogP contribution in [0.5, 0.6) is 0 Å². The highest BCUT2D eigenvalue weighted by Crippen LogP contribution is 2.44. The van der Waals surface area contributed by atoms with Gasteiger partial charge in [-0.1, -0.05) is 37.1 Å². The third kappa shape index (κ3) is 2.78. The summed E-state index contributed by atoms with van der Waals surface area (Å²) in [4.78, 5) is 0. The zero-order valence-electron chi connectivity index (χ0n) is 9.83. The molecule has 1 nitrogen and oxygen atoms in total. The van der Waals surface area contributed by atoms with Crippen LogP contribution in [0.3, 0.4) is 0 Å². The minimum atomic E-state index is 0.304. The fraction of sp³-hybridized carbons (Fsp3) is 0.571. The maximum atomic E-state index is 6.31. The van der Waals surface area contributed by atoms with Crippen molar-refractivity contribution in [3.63, 3.8) is 0 Å². The molecule has 16 heavy (non-hydrogen) atoms. The van der Waals surface area contributed by atoms with E-state index in [1.165, 1.54) is 18.4 Å². The van der Waals surface area contributed by atoms with Gasteiger partial charge in [0.2, 0.25) is 0 Å².